The zero-order chi connectivity index (χ0) is 12.8. The lowest BCUT2D eigenvalue weighted by Gasteiger charge is -1.97. The Balaban J connectivity index is 0.000000318. The van der Waals surface area contributed by atoms with Crippen LogP contribution in [0.4, 0.5) is 0 Å². The van der Waals surface area contributed by atoms with Crippen molar-refractivity contribution >= 4 is 0 Å². The van der Waals surface area contributed by atoms with Crippen LogP contribution in [0.1, 0.15) is 70.8 Å². The summed E-state index contributed by atoms with van der Waals surface area (Å²) in [5.41, 5.74) is 1.26. The first-order valence-corrected chi connectivity index (χ1v) is 7.17. The molecule has 0 spiro atoms. The summed E-state index contributed by atoms with van der Waals surface area (Å²) in [4.78, 5) is 3.85. The minimum atomic E-state index is 1.26. The molecule has 0 radical (unpaired) electrons. The minimum absolute atomic E-state index is 1.26. The fraction of sp³-hybridized carbons (Fsp3) is 0.688. The van der Waals surface area contributed by atoms with E-state index in [0.29, 0.717) is 0 Å². The van der Waals surface area contributed by atoms with Crippen LogP contribution in [0, 0.1) is 6.92 Å². The van der Waals surface area contributed by atoms with E-state index in [1.807, 2.05) is 19.1 Å². The van der Waals surface area contributed by atoms with Crippen LogP contribution in [-0.2, 0) is 0 Å². The van der Waals surface area contributed by atoms with Gasteiger partial charge in [0.15, 0.2) is 0 Å². The van der Waals surface area contributed by atoms with Crippen molar-refractivity contribution in [1.29, 1.82) is 0 Å². The number of pyridine rings is 1. The number of rotatable bonds is 7. The molecule has 1 aromatic heterocycles. The molecule has 0 fully saturated rings. The summed E-state index contributed by atoms with van der Waals surface area (Å²) in [6, 6.07) is 3.94. The van der Waals surface area contributed by atoms with E-state index in [4.69, 9.17) is 0 Å². The van der Waals surface area contributed by atoms with E-state index < -0.39 is 0 Å². The largest absolute Gasteiger partial charge is 0.265 e. The summed E-state index contributed by atoms with van der Waals surface area (Å²) in [7, 11) is 0. The monoisotopic (exact) mass is 235 g/mol. The first-order chi connectivity index (χ1) is 8.31. The molecule has 0 amide bonds. The Hall–Kier alpha value is -0.850. The van der Waals surface area contributed by atoms with Crippen molar-refractivity contribution in [1.82, 2.24) is 4.98 Å². The van der Waals surface area contributed by atoms with Crippen molar-refractivity contribution in [2.45, 2.75) is 72.1 Å². The van der Waals surface area contributed by atoms with E-state index >= 15 is 0 Å². The lowest BCUT2D eigenvalue weighted by molar-refractivity contribution is 0.585. The summed E-state index contributed by atoms with van der Waals surface area (Å²) >= 11 is 0. The normalized spacial score (nSPS) is 9.59. The molecular formula is C16H29N. The van der Waals surface area contributed by atoms with Crippen LogP contribution in [0.2, 0.25) is 0 Å². The molecule has 0 saturated heterocycles. The second kappa shape index (κ2) is 13.2. The van der Waals surface area contributed by atoms with Crippen molar-refractivity contribution in [3.05, 3.63) is 30.1 Å². The van der Waals surface area contributed by atoms with E-state index in [9.17, 15) is 0 Å². The van der Waals surface area contributed by atoms with Gasteiger partial charge in [0.1, 0.15) is 0 Å². The van der Waals surface area contributed by atoms with Crippen molar-refractivity contribution in [3.63, 3.8) is 0 Å². The average molecular weight is 235 g/mol. The van der Waals surface area contributed by atoms with E-state index in [0.717, 1.165) is 0 Å². The zero-order valence-corrected chi connectivity index (χ0v) is 11.9. The Kier molecular flexibility index (Phi) is 12.6. The van der Waals surface area contributed by atoms with Gasteiger partial charge in [0.25, 0.3) is 0 Å². The van der Waals surface area contributed by atoms with Crippen molar-refractivity contribution in [3.8, 4) is 0 Å². The molecule has 1 nitrogen and oxygen atoms in total. The lowest BCUT2D eigenvalue weighted by atomic mass is 10.1. The Morgan fingerprint density at radius 2 is 1.18 bits per heavy atom. The SMILES string of the molecule is CCCCCCCCCC.Cc1ccncc1. The van der Waals surface area contributed by atoms with Crippen LogP contribution in [-0.4, -0.2) is 4.98 Å². The molecule has 1 rings (SSSR count). The van der Waals surface area contributed by atoms with E-state index in [2.05, 4.69) is 18.8 Å². The molecule has 0 aliphatic carbocycles. The van der Waals surface area contributed by atoms with E-state index in [-0.39, 0.29) is 0 Å². The quantitative estimate of drug-likeness (QED) is 0.566. The Bertz CT molecular complexity index is 223. The van der Waals surface area contributed by atoms with Gasteiger partial charge in [-0.2, -0.15) is 0 Å². The number of hydrogen-bond acceptors (Lipinski definition) is 1. The standard InChI is InChI=1S/C10H22.C6H7N/c1-3-5-7-9-10-8-6-4-2;1-6-2-4-7-5-3-6/h3-10H2,1-2H3;2-5H,1H3. The highest BCUT2D eigenvalue weighted by atomic mass is 14.6. The van der Waals surface area contributed by atoms with Gasteiger partial charge in [-0.25, -0.2) is 0 Å². The minimum Gasteiger partial charge on any atom is -0.265 e. The van der Waals surface area contributed by atoms with Gasteiger partial charge in [-0.05, 0) is 24.6 Å². The molecular weight excluding hydrogens is 206 g/mol. The smallest absolute Gasteiger partial charge is 0.0270 e. The highest BCUT2D eigenvalue weighted by molar-refractivity contribution is 5.05. The van der Waals surface area contributed by atoms with Gasteiger partial charge in [0.05, 0.1) is 0 Å². The molecule has 1 heterocycles. The maximum Gasteiger partial charge on any atom is 0.0270 e. The number of unbranched alkanes of at least 4 members (excludes halogenated alkanes) is 7. The van der Waals surface area contributed by atoms with Crippen LogP contribution < -0.4 is 0 Å². The van der Waals surface area contributed by atoms with Crippen LogP contribution >= 0.6 is 0 Å². The van der Waals surface area contributed by atoms with Crippen molar-refractivity contribution in [2.24, 2.45) is 0 Å². The third-order valence-corrected chi connectivity index (χ3v) is 2.80. The molecule has 1 heteroatoms. The van der Waals surface area contributed by atoms with Crippen molar-refractivity contribution < 1.29 is 0 Å². The molecule has 1 aromatic rings. The molecule has 0 aliphatic heterocycles. The second-order valence-electron chi connectivity index (χ2n) is 4.65. The van der Waals surface area contributed by atoms with Gasteiger partial charge in [-0.1, -0.05) is 65.2 Å². The summed E-state index contributed by atoms with van der Waals surface area (Å²) < 4.78 is 0. The maximum absolute atomic E-state index is 3.85. The van der Waals surface area contributed by atoms with Gasteiger partial charge in [0, 0.05) is 12.4 Å². The van der Waals surface area contributed by atoms with Crippen LogP contribution in [0.5, 0.6) is 0 Å². The van der Waals surface area contributed by atoms with Crippen LogP contribution in [0.3, 0.4) is 0 Å². The average Bonchev–Trinajstić information content (AvgIpc) is 2.35. The molecule has 0 aliphatic rings. The predicted octanol–water partition coefficient (Wildman–Crippen LogP) is 5.54. The molecule has 0 unspecified atom stereocenters. The van der Waals surface area contributed by atoms with Crippen LogP contribution in [0.15, 0.2) is 24.5 Å². The number of aromatic nitrogens is 1. The fourth-order valence-corrected chi connectivity index (χ4v) is 1.63. The second-order valence-corrected chi connectivity index (χ2v) is 4.65. The molecule has 98 valence electrons. The Morgan fingerprint density at radius 1 is 0.765 bits per heavy atom. The Labute approximate surface area is 108 Å². The zero-order valence-electron chi connectivity index (χ0n) is 11.9. The topological polar surface area (TPSA) is 12.9 Å². The van der Waals surface area contributed by atoms with Gasteiger partial charge < -0.3 is 0 Å². The summed E-state index contributed by atoms with van der Waals surface area (Å²) in [6.07, 6.45) is 15.0. The third kappa shape index (κ3) is 13.1. The molecule has 17 heavy (non-hydrogen) atoms. The molecule has 0 bridgehead atoms. The van der Waals surface area contributed by atoms with Gasteiger partial charge >= 0.3 is 0 Å². The first kappa shape index (κ1) is 16.1. The number of nitrogens with zero attached hydrogens (tertiary/aromatic N) is 1. The predicted molar refractivity (Wildman–Crippen MR) is 77.3 cm³/mol. The van der Waals surface area contributed by atoms with E-state index in [1.54, 1.807) is 12.4 Å². The summed E-state index contributed by atoms with van der Waals surface area (Å²) in [5.74, 6) is 0. The number of aryl methyl sites for hydroxylation is 1. The lowest BCUT2D eigenvalue weighted by Crippen LogP contribution is -1.77. The molecule has 0 atom stereocenters. The molecule has 0 N–H and O–H groups in total. The van der Waals surface area contributed by atoms with Crippen molar-refractivity contribution in [2.75, 3.05) is 0 Å². The van der Waals surface area contributed by atoms with Crippen LogP contribution in [0.25, 0.3) is 0 Å². The number of hydrogen-bond donors (Lipinski definition) is 0. The van der Waals surface area contributed by atoms with Gasteiger partial charge in [-0.15, -0.1) is 0 Å². The van der Waals surface area contributed by atoms with Gasteiger partial charge in [-0.3, -0.25) is 4.98 Å². The molecule has 0 aromatic carbocycles. The molecule has 0 saturated carbocycles. The maximum atomic E-state index is 3.85. The highest BCUT2D eigenvalue weighted by Gasteiger charge is 1.87. The summed E-state index contributed by atoms with van der Waals surface area (Å²) in [6.45, 7) is 6.58. The Morgan fingerprint density at radius 3 is 1.47 bits per heavy atom. The highest BCUT2D eigenvalue weighted by Crippen LogP contribution is 2.07. The van der Waals surface area contributed by atoms with Gasteiger partial charge in [0.2, 0.25) is 0 Å². The fourth-order valence-electron chi connectivity index (χ4n) is 1.63. The summed E-state index contributed by atoms with van der Waals surface area (Å²) in [5, 5.41) is 0. The van der Waals surface area contributed by atoms with E-state index in [1.165, 1.54) is 56.9 Å². The third-order valence-electron chi connectivity index (χ3n) is 2.80. The first-order valence-electron chi connectivity index (χ1n) is 7.17.